The van der Waals surface area contributed by atoms with Gasteiger partial charge in [0.1, 0.15) is 22.9 Å². The molecule has 0 aliphatic heterocycles. The molecule has 0 saturated heterocycles. The molecule has 0 aliphatic carbocycles. The summed E-state index contributed by atoms with van der Waals surface area (Å²) in [4.78, 5) is 16.2. The molecule has 0 aromatic carbocycles. The average Bonchev–Trinajstić information content (AvgIpc) is 2.94. The van der Waals surface area contributed by atoms with E-state index >= 15 is 0 Å². The normalized spacial score (nSPS) is 12.4. The van der Waals surface area contributed by atoms with Crippen molar-refractivity contribution in [1.29, 1.82) is 0 Å². The Kier molecular flexibility index (Phi) is 3.70. The molecule has 1 atom stereocenters. The van der Waals surface area contributed by atoms with Crippen LogP contribution in [0.5, 0.6) is 0 Å². The van der Waals surface area contributed by atoms with Gasteiger partial charge < -0.3 is 11.1 Å². The Hall–Kier alpha value is -2.09. The molecule has 0 radical (unpaired) electrons. The molecule has 9 heteroatoms. The summed E-state index contributed by atoms with van der Waals surface area (Å²) in [5.41, 5.74) is 5.62. The quantitative estimate of drug-likeness (QED) is 0.762. The topological polar surface area (TPSA) is 115 Å². The standard InChI is InChI=1S/C10H14ClN7O/c1-3-5(9-13-4-14-18(9)2)15-10(19)7-6(11)8(12)17-16-7/h4-5H,3H2,1-2H3,(H,15,19)(H3,12,16,17)/t5-/m0/s1. The smallest absolute Gasteiger partial charge is 0.271 e. The molecular formula is C10H14ClN7O. The number of nitrogens with one attached hydrogen (secondary N) is 2. The number of carbonyl (C=O) groups excluding carboxylic acids is 1. The summed E-state index contributed by atoms with van der Waals surface area (Å²) in [5.74, 6) is 0.377. The van der Waals surface area contributed by atoms with Gasteiger partial charge in [-0.2, -0.15) is 10.2 Å². The molecule has 102 valence electrons. The van der Waals surface area contributed by atoms with Gasteiger partial charge >= 0.3 is 0 Å². The highest BCUT2D eigenvalue weighted by molar-refractivity contribution is 6.35. The Morgan fingerprint density at radius 3 is 2.89 bits per heavy atom. The van der Waals surface area contributed by atoms with E-state index in [1.54, 1.807) is 11.7 Å². The number of aromatic nitrogens is 5. The van der Waals surface area contributed by atoms with Crippen LogP contribution in [0, 0.1) is 0 Å². The zero-order valence-corrected chi connectivity index (χ0v) is 11.3. The van der Waals surface area contributed by atoms with E-state index in [4.69, 9.17) is 17.3 Å². The fourth-order valence-corrected chi connectivity index (χ4v) is 1.86. The number of nitrogen functional groups attached to an aromatic ring is 1. The minimum Gasteiger partial charge on any atom is -0.381 e. The minimum atomic E-state index is -0.385. The van der Waals surface area contributed by atoms with Gasteiger partial charge in [-0.1, -0.05) is 18.5 Å². The fraction of sp³-hybridized carbons (Fsp3) is 0.400. The number of hydrogen-bond acceptors (Lipinski definition) is 5. The van der Waals surface area contributed by atoms with Crippen molar-refractivity contribution in [3.05, 3.63) is 22.9 Å². The molecule has 19 heavy (non-hydrogen) atoms. The summed E-state index contributed by atoms with van der Waals surface area (Å²) >= 11 is 5.87. The Labute approximate surface area is 114 Å². The SMILES string of the molecule is CC[C@H](NC(=O)c1[nH]nc(N)c1Cl)c1ncnn1C. The molecule has 0 aliphatic rings. The lowest BCUT2D eigenvalue weighted by molar-refractivity contribution is 0.0928. The molecule has 2 aromatic rings. The van der Waals surface area contributed by atoms with Gasteiger partial charge in [-0.15, -0.1) is 0 Å². The first kappa shape index (κ1) is 13.3. The van der Waals surface area contributed by atoms with Crippen molar-refractivity contribution in [2.45, 2.75) is 19.4 Å². The van der Waals surface area contributed by atoms with Crippen molar-refractivity contribution in [1.82, 2.24) is 30.3 Å². The second kappa shape index (κ2) is 5.27. The van der Waals surface area contributed by atoms with Gasteiger partial charge in [0.25, 0.3) is 5.91 Å². The summed E-state index contributed by atoms with van der Waals surface area (Å²) in [6.45, 7) is 1.93. The highest BCUT2D eigenvalue weighted by Gasteiger charge is 2.22. The lowest BCUT2D eigenvalue weighted by Crippen LogP contribution is -2.30. The van der Waals surface area contributed by atoms with Crippen LogP contribution < -0.4 is 11.1 Å². The predicted molar refractivity (Wildman–Crippen MR) is 69.5 cm³/mol. The maximum absolute atomic E-state index is 12.1. The van der Waals surface area contributed by atoms with Gasteiger partial charge in [0.05, 0.1) is 6.04 Å². The van der Waals surface area contributed by atoms with Crippen LogP contribution in [0.1, 0.15) is 35.7 Å². The first-order valence-corrected chi connectivity index (χ1v) is 6.06. The van der Waals surface area contributed by atoms with Gasteiger partial charge in [-0.25, -0.2) is 4.98 Å². The summed E-state index contributed by atoms with van der Waals surface area (Å²) < 4.78 is 1.61. The van der Waals surface area contributed by atoms with Crippen LogP contribution in [0.2, 0.25) is 5.02 Å². The number of hydrogen-bond donors (Lipinski definition) is 3. The van der Waals surface area contributed by atoms with Crippen molar-refractivity contribution in [3.8, 4) is 0 Å². The maximum Gasteiger partial charge on any atom is 0.271 e. The van der Waals surface area contributed by atoms with E-state index in [1.165, 1.54) is 6.33 Å². The van der Waals surface area contributed by atoms with Crippen LogP contribution in [0.4, 0.5) is 5.82 Å². The summed E-state index contributed by atoms with van der Waals surface area (Å²) in [6.07, 6.45) is 2.10. The lowest BCUT2D eigenvalue weighted by atomic mass is 10.2. The Morgan fingerprint density at radius 1 is 1.68 bits per heavy atom. The van der Waals surface area contributed by atoms with Crippen LogP contribution in [0.3, 0.4) is 0 Å². The third kappa shape index (κ3) is 2.53. The number of nitrogens with zero attached hydrogens (tertiary/aromatic N) is 4. The molecule has 2 aromatic heterocycles. The van der Waals surface area contributed by atoms with Gasteiger partial charge in [0.2, 0.25) is 0 Å². The van der Waals surface area contributed by atoms with Crippen LogP contribution in [0.15, 0.2) is 6.33 Å². The van der Waals surface area contributed by atoms with Gasteiger partial charge in [-0.3, -0.25) is 14.6 Å². The molecule has 0 unspecified atom stereocenters. The summed E-state index contributed by atoms with van der Waals surface area (Å²) in [6, 6.07) is -0.263. The number of H-pyrrole nitrogens is 1. The van der Waals surface area contributed by atoms with Crippen LogP contribution in [-0.2, 0) is 7.05 Å². The number of rotatable bonds is 4. The van der Waals surface area contributed by atoms with E-state index in [2.05, 4.69) is 25.6 Å². The van der Waals surface area contributed by atoms with Gasteiger partial charge in [0.15, 0.2) is 5.82 Å². The lowest BCUT2D eigenvalue weighted by Gasteiger charge is -2.15. The predicted octanol–water partition coefficient (Wildman–Crippen LogP) is 0.655. The van der Waals surface area contributed by atoms with Crippen molar-refractivity contribution < 1.29 is 4.79 Å². The number of anilines is 1. The molecular weight excluding hydrogens is 270 g/mol. The van der Waals surface area contributed by atoms with Crippen LogP contribution >= 0.6 is 11.6 Å². The highest BCUT2D eigenvalue weighted by Crippen LogP contribution is 2.21. The van der Waals surface area contributed by atoms with Gasteiger partial charge in [0, 0.05) is 7.05 Å². The van der Waals surface area contributed by atoms with E-state index < -0.39 is 0 Å². The molecule has 8 nitrogen and oxygen atoms in total. The molecule has 0 fully saturated rings. The van der Waals surface area contributed by atoms with Crippen molar-refractivity contribution in [2.75, 3.05) is 5.73 Å². The zero-order valence-electron chi connectivity index (χ0n) is 10.5. The molecule has 4 N–H and O–H groups in total. The third-order valence-electron chi connectivity index (χ3n) is 2.73. The van der Waals surface area contributed by atoms with Crippen molar-refractivity contribution in [2.24, 2.45) is 7.05 Å². The van der Waals surface area contributed by atoms with Gasteiger partial charge in [-0.05, 0) is 6.42 Å². The molecule has 0 spiro atoms. The minimum absolute atomic E-state index is 0.0959. The molecule has 2 heterocycles. The first-order chi connectivity index (χ1) is 9.04. The summed E-state index contributed by atoms with van der Waals surface area (Å²) in [5, 5.41) is 13.1. The fourth-order valence-electron chi connectivity index (χ4n) is 1.69. The number of carbonyl (C=O) groups is 1. The number of aromatic amines is 1. The average molecular weight is 284 g/mol. The molecule has 0 bridgehead atoms. The largest absolute Gasteiger partial charge is 0.381 e. The first-order valence-electron chi connectivity index (χ1n) is 5.68. The third-order valence-corrected chi connectivity index (χ3v) is 3.11. The highest BCUT2D eigenvalue weighted by atomic mass is 35.5. The second-order valence-corrected chi connectivity index (χ2v) is 4.35. The Balaban J connectivity index is 2.18. The Morgan fingerprint density at radius 2 is 2.42 bits per heavy atom. The van der Waals surface area contributed by atoms with Crippen LogP contribution in [0.25, 0.3) is 0 Å². The monoisotopic (exact) mass is 283 g/mol. The van der Waals surface area contributed by atoms with Crippen LogP contribution in [-0.4, -0.2) is 30.9 Å². The van der Waals surface area contributed by atoms with E-state index in [-0.39, 0.29) is 28.5 Å². The number of aryl methyl sites for hydroxylation is 1. The second-order valence-electron chi connectivity index (χ2n) is 3.97. The summed E-state index contributed by atoms with van der Waals surface area (Å²) in [7, 11) is 1.76. The Bertz CT molecular complexity index is 590. The van der Waals surface area contributed by atoms with Crippen molar-refractivity contribution >= 4 is 23.3 Å². The molecule has 1 amide bonds. The number of halogens is 1. The molecule has 0 saturated carbocycles. The van der Waals surface area contributed by atoms with E-state index in [9.17, 15) is 4.79 Å². The van der Waals surface area contributed by atoms with E-state index in [0.717, 1.165) is 0 Å². The van der Waals surface area contributed by atoms with Crippen molar-refractivity contribution in [3.63, 3.8) is 0 Å². The van der Waals surface area contributed by atoms with E-state index in [0.29, 0.717) is 12.2 Å². The number of amides is 1. The van der Waals surface area contributed by atoms with E-state index in [1.807, 2.05) is 6.92 Å². The number of nitrogens with two attached hydrogens (primary N) is 1. The zero-order chi connectivity index (χ0) is 14.0. The maximum atomic E-state index is 12.1. The molecule has 2 rings (SSSR count).